The maximum Gasteiger partial charge on any atom is 0.228 e. The Labute approximate surface area is 179 Å². The van der Waals surface area contributed by atoms with Crippen molar-refractivity contribution < 1.29 is 20.1 Å². The fourth-order valence-electron chi connectivity index (χ4n) is 3.17. The average Bonchev–Trinajstić information content (AvgIpc) is 3.01. The van der Waals surface area contributed by atoms with Crippen molar-refractivity contribution in [2.45, 2.75) is 24.7 Å². The van der Waals surface area contributed by atoms with Gasteiger partial charge in [0.05, 0.1) is 19.3 Å². The number of nitrogens with zero attached hydrogens (tertiary/aromatic N) is 4. The third-order valence-corrected chi connectivity index (χ3v) is 5.16. The van der Waals surface area contributed by atoms with Crippen molar-refractivity contribution in [2.75, 3.05) is 38.0 Å². The molecule has 2 heterocycles. The number of nitrogens with one attached hydrogen (secondary N) is 1. The van der Waals surface area contributed by atoms with Gasteiger partial charge in [0.1, 0.15) is 17.5 Å². The molecule has 160 valence electrons. The van der Waals surface area contributed by atoms with Crippen molar-refractivity contribution in [3.8, 4) is 17.7 Å². The monoisotopic (exact) mass is 433 g/mol. The summed E-state index contributed by atoms with van der Waals surface area (Å²) in [6, 6.07) is 2.93. The minimum absolute atomic E-state index is 0.150. The van der Waals surface area contributed by atoms with E-state index < -0.39 is 24.2 Å². The number of anilines is 2. The molecule has 1 aliphatic carbocycles. The molecule has 0 radical (unpaired) electrons. The van der Waals surface area contributed by atoms with Crippen LogP contribution in [0.25, 0.3) is 0 Å². The number of aliphatic hydroxyl groups is 3. The van der Waals surface area contributed by atoms with Gasteiger partial charge in [-0.1, -0.05) is 23.4 Å². The van der Waals surface area contributed by atoms with Crippen molar-refractivity contribution in [1.29, 1.82) is 0 Å². The number of methoxy groups -OCH3 is 1. The molecule has 4 unspecified atom stereocenters. The maximum atomic E-state index is 10.3. The molecule has 0 bridgehead atoms. The van der Waals surface area contributed by atoms with Gasteiger partial charge in [0.15, 0.2) is 5.15 Å². The highest BCUT2D eigenvalue weighted by atomic mass is 35.5. The lowest BCUT2D eigenvalue weighted by Gasteiger charge is -2.21. The first kappa shape index (κ1) is 22.1. The van der Waals surface area contributed by atoms with Crippen molar-refractivity contribution in [3.63, 3.8) is 0 Å². The Hall–Kier alpha value is -2.64. The van der Waals surface area contributed by atoms with Crippen LogP contribution >= 0.6 is 11.6 Å². The van der Waals surface area contributed by atoms with Crippen LogP contribution in [0.2, 0.25) is 5.15 Å². The Balaban J connectivity index is 1.95. The first-order valence-electron chi connectivity index (χ1n) is 9.34. The summed E-state index contributed by atoms with van der Waals surface area (Å²) in [4.78, 5) is 14.5. The predicted octanol–water partition coefficient (Wildman–Crippen LogP) is 0.514. The Morgan fingerprint density at radius 3 is 2.57 bits per heavy atom. The third-order valence-electron chi connectivity index (χ3n) is 4.89. The summed E-state index contributed by atoms with van der Waals surface area (Å²) in [5, 5.41) is 33.1. The number of aliphatic hydroxyl groups excluding tert-OH is 3. The van der Waals surface area contributed by atoms with E-state index in [2.05, 4.69) is 32.1 Å². The standard InChI is InChI=1S/C20H24ClN5O4/c1-26(2)20-24-18(21)13(6-4-11-5-7-15(30-3)22-9-11)19(25-20)23-14-8-12(10-27)16(28)17(14)29/h5,7,9,12,14,16-17,27-29H,8,10H2,1-3H3,(H,23,24,25). The molecule has 0 aliphatic heterocycles. The highest BCUT2D eigenvalue weighted by molar-refractivity contribution is 6.31. The lowest BCUT2D eigenvalue weighted by atomic mass is 10.1. The third kappa shape index (κ3) is 4.74. The molecule has 1 aliphatic rings. The maximum absolute atomic E-state index is 10.3. The van der Waals surface area contributed by atoms with Crippen LogP contribution in [-0.4, -0.2) is 76.3 Å². The molecule has 2 aromatic rings. The zero-order valence-corrected chi connectivity index (χ0v) is 17.6. The Morgan fingerprint density at radius 2 is 2.00 bits per heavy atom. The molecular formula is C20H24ClN5O4. The van der Waals surface area contributed by atoms with Crippen LogP contribution in [-0.2, 0) is 0 Å². The Kier molecular flexibility index (Phi) is 6.95. The summed E-state index contributed by atoms with van der Waals surface area (Å²) in [6.45, 7) is -0.221. The van der Waals surface area contributed by atoms with Gasteiger partial charge in [-0.05, 0) is 12.5 Å². The summed E-state index contributed by atoms with van der Waals surface area (Å²) >= 11 is 6.39. The largest absolute Gasteiger partial charge is 0.481 e. The quantitative estimate of drug-likeness (QED) is 0.394. The number of hydrogen-bond acceptors (Lipinski definition) is 9. The molecule has 0 amide bonds. The molecule has 0 aromatic carbocycles. The highest BCUT2D eigenvalue weighted by Crippen LogP contribution is 2.31. The van der Waals surface area contributed by atoms with Gasteiger partial charge >= 0.3 is 0 Å². The molecule has 30 heavy (non-hydrogen) atoms. The lowest BCUT2D eigenvalue weighted by molar-refractivity contribution is 0.00445. The topological polar surface area (TPSA) is 124 Å². The normalized spacial score (nSPS) is 22.9. The van der Waals surface area contributed by atoms with E-state index >= 15 is 0 Å². The summed E-state index contributed by atoms with van der Waals surface area (Å²) in [5.74, 6) is 6.69. The van der Waals surface area contributed by atoms with Gasteiger partial charge in [-0.3, -0.25) is 0 Å². The molecule has 0 spiro atoms. The van der Waals surface area contributed by atoms with E-state index in [1.165, 1.54) is 7.11 Å². The number of halogens is 1. The van der Waals surface area contributed by atoms with E-state index in [-0.39, 0.29) is 11.8 Å². The van der Waals surface area contributed by atoms with Gasteiger partial charge in [0.2, 0.25) is 11.8 Å². The van der Waals surface area contributed by atoms with Crippen LogP contribution in [0.5, 0.6) is 5.88 Å². The zero-order valence-electron chi connectivity index (χ0n) is 16.9. The average molecular weight is 434 g/mol. The van der Waals surface area contributed by atoms with Crippen LogP contribution in [0, 0.1) is 17.8 Å². The SMILES string of the molecule is COc1ccc(C#Cc2c(Cl)nc(N(C)C)nc2NC2CC(CO)C(O)C2O)cn1. The van der Waals surface area contributed by atoms with Gasteiger partial charge in [-0.25, -0.2) is 4.98 Å². The number of rotatable bonds is 5. The molecule has 4 atom stereocenters. The van der Waals surface area contributed by atoms with Gasteiger partial charge in [-0.15, -0.1) is 0 Å². The van der Waals surface area contributed by atoms with Crippen LogP contribution in [0.4, 0.5) is 11.8 Å². The molecule has 4 N–H and O–H groups in total. The summed E-state index contributed by atoms with van der Waals surface area (Å²) in [5.41, 5.74) is 0.999. The number of hydrogen-bond donors (Lipinski definition) is 4. The fourth-order valence-corrected chi connectivity index (χ4v) is 3.38. The van der Waals surface area contributed by atoms with Crippen molar-refractivity contribution in [2.24, 2.45) is 5.92 Å². The molecule has 1 fully saturated rings. The summed E-state index contributed by atoms with van der Waals surface area (Å²) in [6.07, 6.45) is -0.152. The lowest BCUT2D eigenvalue weighted by Crippen LogP contribution is -2.36. The molecule has 2 aromatic heterocycles. The van der Waals surface area contributed by atoms with Crippen molar-refractivity contribution in [1.82, 2.24) is 15.0 Å². The molecule has 9 nitrogen and oxygen atoms in total. The summed E-state index contributed by atoms with van der Waals surface area (Å²) < 4.78 is 5.04. The highest BCUT2D eigenvalue weighted by Gasteiger charge is 2.41. The van der Waals surface area contributed by atoms with E-state index in [0.29, 0.717) is 35.2 Å². The molecule has 1 saturated carbocycles. The smallest absolute Gasteiger partial charge is 0.228 e. The molecule has 10 heteroatoms. The first-order chi connectivity index (χ1) is 14.3. The fraction of sp³-hybridized carbons (Fsp3) is 0.450. The van der Waals surface area contributed by atoms with E-state index in [9.17, 15) is 15.3 Å². The number of pyridine rings is 1. The minimum atomic E-state index is -1.06. The number of aromatic nitrogens is 3. The second kappa shape index (κ2) is 9.45. The van der Waals surface area contributed by atoms with Gasteiger partial charge in [0, 0.05) is 44.4 Å². The zero-order chi connectivity index (χ0) is 21.8. The van der Waals surface area contributed by atoms with Crippen molar-refractivity contribution in [3.05, 3.63) is 34.6 Å². The summed E-state index contributed by atoms with van der Waals surface area (Å²) in [7, 11) is 5.09. The van der Waals surface area contributed by atoms with E-state index in [1.54, 1.807) is 37.3 Å². The Bertz CT molecular complexity index is 945. The predicted molar refractivity (Wildman–Crippen MR) is 113 cm³/mol. The van der Waals surface area contributed by atoms with Crippen LogP contribution in [0.1, 0.15) is 17.5 Å². The van der Waals surface area contributed by atoms with Crippen LogP contribution in [0.3, 0.4) is 0 Å². The van der Waals surface area contributed by atoms with Crippen molar-refractivity contribution >= 4 is 23.4 Å². The van der Waals surface area contributed by atoms with Gasteiger partial charge in [0.25, 0.3) is 0 Å². The van der Waals surface area contributed by atoms with E-state index in [4.69, 9.17) is 16.3 Å². The van der Waals surface area contributed by atoms with Crippen LogP contribution in [0.15, 0.2) is 18.3 Å². The molecule has 3 rings (SSSR count). The first-order valence-corrected chi connectivity index (χ1v) is 9.72. The van der Waals surface area contributed by atoms with E-state index in [0.717, 1.165) is 0 Å². The van der Waals surface area contributed by atoms with E-state index in [1.807, 2.05) is 0 Å². The van der Waals surface area contributed by atoms with Crippen LogP contribution < -0.4 is 15.0 Å². The minimum Gasteiger partial charge on any atom is -0.481 e. The molecular weight excluding hydrogens is 410 g/mol. The number of ether oxygens (including phenoxy) is 1. The van der Waals surface area contributed by atoms with Gasteiger partial charge in [-0.2, -0.15) is 9.97 Å². The second-order valence-electron chi connectivity index (χ2n) is 7.18. The van der Waals surface area contributed by atoms with Gasteiger partial charge < -0.3 is 30.3 Å². The molecule has 0 saturated heterocycles. The second-order valence-corrected chi connectivity index (χ2v) is 7.54. The Morgan fingerprint density at radius 1 is 1.23 bits per heavy atom.